The van der Waals surface area contributed by atoms with Gasteiger partial charge in [-0.3, -0.25) is 68.0 Å². The van der Waals surface area contributed by atoms with Crippen molar-refractivity contribution in [3.8, 4) is 5.75 Å². The number of hydrogen-bond acceptors (Lipinski definition) is 35. The second-order valence-electron chi connectivity index (χ2n) is 32.0. The maximum atomic E-state index is 13.6. The molecule has 131 heavy (non-hydrogen) atoms. The summed E-state index contributed by atoms with van der Waals surface area (Å²) in [6, 6.07) is 5.98. The third-order valence-corrected chi connectivity index (χ3v) is 22.6. The number of nitrogens with one attached hydrogen (secondary N) is 4. The smallest absolute Gasteiger partial charge is 0.548 e. The molecule has 14 N–H and O–H groups in total. The molecular formula is C87H132Gd2N15O27+5. The van der Waals surface area contributed by atoms with Gasteiger partial charge in [-0.25, -0.2) is 0 Å². The molecule has 2 aliphatic rings. The molecule has 0 aliphatic carbocycles. The Labute approximate surface area is 826 Å². The van der Waals surface area contributed by atoms with Crippen molar-refractivity contribution in [2.24, 2.45) is 0 Å². The fourth-order valence-corrected chi connectivity index (χ4v) is 15.4. The molecule has 44 heteroatoms. The molecule has 4 aromatic rings. The summed E-state index contributed by atoms with van der Waals surface area (Å²) in [7, 11) is 0. The number of Topliss-reactive ketones (excluding diaryl/α,β-unsaturated/α-hetero) is 6. The molecule has 0 bridgehead atoms. The zero-order valence-electron chi connectivity index (χ0n) is 75.6. The summed E-state index contributed by atoms with van der Waals surface area (Å²) in [6.07, 6.45) is 3.07. The quantitative estimate of drug-likeness (QED) is 0.0158. The molecule has 2 aliphatic heterocycles. The molecule has 2 fully saturated rings. The van der Waals surface area contributed by atoms with E-state index in [0.717, 1.165) is 23.7 Å². The first-order valence-electron chi connectivity index (χ1n) is 43.2. The van der Waals surface area contributed by atoms with Crippen molar-refractivity contribution in [3.63, 3.8) is 0 Å². The molecule has 0 amide bonds. The number of rotatable bonds is 57. The summed E-state index contributed by atoms with van der Waals surface area (Å²) in [5.41, 5.74) is 1.35. The number of carbonyl (C=O) groups is 14. The molecular weight excluding hydrogens is 2000 g/mol. The maximum absolute atomic E-state index is 13.6. The fourth-order valence-electron chi connectivity index (χ4n) is 15.4. The van der Waals surface area contributed by atoms with Gasteiger partial charge in [-0.15, -0.1) is 0 Å². The molecule has 2 saturated heterocycles. The monoisotopic (exact) mass is 2130 g/mol. The van der Waals surface area contributed by atoms with Crippen molar-refractivity contribution in [3.05, 3.63) is 80.1 Å². The summed E-state index contributed by atoms with van der Waals surface area (Å²) in [6.45, 7) is 12.2. The van der Waals surface area contributed by atoms with E-state index in [1.54, 1.807) is 72.7 Å². The third-order valence-electron chi connectivity index (χ3n) is 22.6. The zero-order chi connectivity index (χ0) is 92.4. The van der Waals surface area contributed by atoms with Crippen LogP contribution in [0.3, 0.4) is 0 Å². The van der Waals surface area contributed by atoms with Gasteiger partial charge in [-0.1, -0.05) is 24.3 Å². The first kappa shape index (κ1) is 121. The van der Waals surface area contributed by atoms with Crippen molar-refractivity contribution >= 4 is 118 Å². The van der Waals surface area contributed by atoms with E-state index < -0.39 is 89.0 Å². The minimum Gasteiger partial charge on any atom is -0.548 e. The zero-order valence-corrected chi connectivity index (χ0v) is 80.2. The van der Waals surface area contributed by atoms with Crippen LogP contribution >= 0.6 is 0 Å². The van der Waals surface area contributed by atoms with Crippen LogP contribution in [0.25, 0.3) is 0 Å². The van der Waals surface area contributed by atoms with Crippen LogP contribution in [0, 0.1) is 79.9 Å². The van der Waals surface area contributed by atoms with E-state index in [9.17, 15) is 102 Å². The van der Waals surface area contributed by atoms with E-state index in [-0.39, 0.29) is 407 Å². The van der Waals surface area contributed by atoms with Gasteiger partial charge in [0.15, 0.2) is 5.75 Å². The van der Waals surface area contributed by atoms with Gasteiger partial charge >= 0.3 is 104 Å². The molecule has 0 spiro atoms. The maximum Gasteiger partial charge on any atom is 3.00 e. The van der Waals surface area contributed by atoms with E-state index in [2.05, 4.69) is 31.2 Å². The predicted molar refractivity (Wildman–Crippen MR) is 474 cm³/mol. The van der Waals surface area contributed by atoms with Crippen molar-refractivity contribution < 1.29 is 203 Å². The largest absolute Gasteiger partial charge is 3.00 e. The Bertz CT molecular complexity index is 4270. The van der Waals surface area contributed by atoms with Crippen LogP contribution in [-0.2, 0) is 89.4 Å². The molecule has 8 unspecified atom stereocenters. The topological polar surface area (TPSA) is 612 Å². The number of anilines is 6. The Kier molecular flexibility index (Phi) is 59.9. The average Bonchev–Trinajstić information content (AvgIpc) is 0.783. The molecule has 8 atom stereocenters. The van der Waals surface area contributed by atoms with E-state index in [1.807, 2.05) is 21.9 Å². The van der Waals surface area contributed by atoms with Crippen LogP contribution in [0.1, 0.15) is 149 Å². The van der Waals surface area contributed by atoms with E-state index in [4.69, 9.17) is 19.2 Å². The number of carboxylic acid groups (broad SMARTS) is 5. The van der Waals surface area contributed by atoms with Crippen LogP contribution in [0.4, 0.5) is 34.9 Å². The molecule has 6 rings (SSSR count). The van der Waals surface area contributed by atoms with Crippen LogP contribution in [0.5, 0.6) is 5.75 Å². The Morgan fingerprint density at radius 3 is 0.962 bits per heavy atom. The van der Waals surface area contributed by atoms with E-state index in [1.165, 1.54) is 41.5 Å². The minimum atomic E-state index is -1.46. The Hall–Kier alpha value is -7.96. The number of ketones is 6. The standard InChI is InChI=1S/C87H127N15O24.2Gd.3H2O/c1-8-126-79-76(77(112)78(79)113)88-33-51-124-53-54-125-52-34-89-85-92-86(90-66-21-15-64(16-22-66)19-27-70(57-105)97-39-43-98(71(80(114)115)28-11-60(4)108)41-35-95(68(55-103)25-9-58(2)106)36-42-99(44-40-97)72(81(116)117)29-12-61(5)109)94-87(93-85)91-67-23-17-65(18-24-67)20-32-75(84(122)123)101-46-38-96(69(56-104)26-10-59(3)107)37-45-100(73(82(118)119)30-13-62(6)110)47-49-102(50-48-101)74(83(120)121)31-14-63(7)111;;;;;/h15-18,21-24,55-57,68-75,88H,8-14,19-20,25-54H2,1-7H3,(H,114,115)(H,116,117)(H,118,119)(H,120,121)(H,122,123)(H3,89,90,91,92,93,94);;;3*1H2/q;2*+3;;;/p-1. The normalized spacial score (nSPS) is 16.5. The number of aliphatic carboxylic acids is 5. The van der Waals surface area contributed by atoms with E-state index >= 15 is 0 Å². The third kappa shape index (κ3) is 43.1. The van der Waals surface area contributed by atoms with Crippen LogP contribution < -0.4 is 42.0 Å². The molecule has 42 nitrogen and oxygen atoms in total. The fraction of sp³-hybridized carbons (Fsp3) is 0.621. The second kappa shape index (κ2) is 64.9. The molecule has 2 radical (unpaired) electrons. The first-order chi connectivity index (χ1) is 60.2. The Morgan fingerprint density at radius 2 is 0.656 bits per heavy atom. The first-order valence-corrected chi connectivity index (χ1v) is 43.2. The molecule has 3 aromatic carbocycles. The number of ether oxygens (including phenoxy) is 3. The number of aromatic nitrogens is 3. The Balaban J connectivity index is 0.0000172. The van der Waals surface area contributed by atoms with Crippen molar-refractivity contribution in [1.82, 2.24) is 54.2 Å². The van der Waals surface area contributed by atoms with Crippen molar-refractivity contribution in [2.75, 3.05) is 172 Å². The minimum absolute atomic E-state index is 0. The van der Waals surface area contributed by atoms with Crippen molar-refractivity contribution in [2.45, 2.75) is 200 Å². The number of carboxylic acids is 5. The van der Waals surface area contributed by atoms with Gasteiger partial charge in [-0.05, 0) is 148 Å². The molecule has 728 valence electrons. The van der Waals surface area contributed by atoms with Crippen LogP contribution in [-0.4, -0.2) is 374 Å². The van der Waals surface area contributed by atoms with Gasteiger partial charge in [0.2, 0.25) is 17.8 Å². The summed E-state index contributed by atoms with van der Waals surface area (Å²) >= 11 is 0. The number of carbonyl (C=O) groups excluding carboxylic acids is 10. The summed E-state index contributed by atoms with van der Waals surface area (Å²) in [5.74, 6) is -7.19. The van der Waals surface area contributed by atoms with Crippen LogP contribution in [0.15, 0.2) is 58.1 Å². The van der Waals surface area contributed by atoms with Crippen molar-refractivity contribution in [1.29, 1.82) is 0 Å². The average molecular weight is 2130 g/mol. The van der Waals surface area contributed by atoms with Gasteiger partial charge in [0.1, 0.15) is 83.4 Å². The Morgan fingerprint density at radius 1 is 0.382 bits per heavy atom. The van der Waals surface area contributed by atoms with Gasteiger partial charge in [-0.2, -0.15) is 15.0 Å². The number of aldehydes is 3. The van der Waals surface area contributed by atoms with Crippen LogP contribution in [0.2, 0.25) is 0 Å². The molecule has 0 saturated carbocycles. The van der Waals surface area contributed by atoms with Gasteiger partial charge in [0, 0.05) is 174 Å². The molecule has 3 heterocycles. The number of nitrogens with zero attached hydrogens (tertiary/aromatic N) is 11. The van der Waals surface area contributed by atoms with Gasteiger partial charge in [0.25, 0.3) is 10.9 Å². The van der Waals surface area contributed by atoms with E-state index in [0.29, 0.717) is 24.1 Å². The van der Waals surface area contributed by atoms with Gasteiger partial charge in [0.05, 0.1) is 57.1 Å². The molecule has 1 aromatic heterocycles. The number of aryl methyl sites for hydroxylation is 2. The SMILES string of the molecule is CCOc1c(NCCOCCOCCNc2nc(Nc3ccc(CCC(C=O)N4CCN(C(CCC(C)=O)C(=O)O)CCN(C(C=O)CCC(C)=O)CCN(C(CCC(C)=O)C(=O)O)CC4)cc3)nc(Nc3ccc(CCC(C(=O)O)N4CCN(C(C=O)CCC(C)=O)CCN(C(CCC(C)=O)C(=O)[O-])CCN(C(CCC(C)=O)C(=O)O)CC4)cc3)n2)c(=O)c1=O.O.O.O.[Gd+3].[Gd+3]. The summed E-state index contributed by atoms with van der Waals surface area (Å²) in [5, 5.41) is 68.4. The number of benzene rings is 2. The van der Waals surface area contributed by atoms with Gasteiger partial charge < -0.3 is 125 Å². The second-order valence-corrected chi connectivity index (χ2v) is 32.0. The number of hydrogen-bond donors (Lipinski definition) is 8. The summed E-state index contributed by atoms with van der Waals surface area (Å²) < 4.78 is 16.7. The predicted octanol–water partition coefficient (Wildman–Crippen LogP) is -0.406. The summed E-state index contributed by atoms with van der Waals surface area (Å²) in [4.78, 5) is 230.